The maximum absolute atomic E-state index is 6.25. The third kappa shape index (κ3) is 2.94. The Morgan fingerprint density at radius 3 is 2.62 bits per heavy atom. The molecule has 0 unspecified atom stereocenters. The summed E-state index contributed by atoms with van der Waals surface area (Å²) in [5.74, 6) is 1.95. The van der Waals surface area contributed by atoms with Crippen molar-refractivity contribution in [2.45, 2.75) is 18.3 Å². The van der Waals surface area contributed by atoms with Crippen LogP contribution in [0.5, 0.6) is 11.5 Å². The highest BCUT2D eigenvalue weighted by Gasteiger charge is 2.38. The molecular formula is C16H20ClN3O4. The van der Waals surface area contributed by atoms with Crippen molar-refractivity contribution in [3.63, 3.8) is 0 Å². The minimum absolute atomic E-state index is 0.330. The molecule has 130 valence electrons. The number of hydrogen-bond acceptors (Lipinski definition) is 7. The van der Waals surface area contributed by atoms with Crippen LogP contribution < -0.4 is 15.2 Å². The van der Waals surface area contributed by atoms with E-state index in [1.54, 1.807) is 19.2 Å². The Morgan fingerprint density at radius 2 is 2.00 bits per heavy atom. The van der Waals surface area contributed by atoms with Crippen LogP contribution in [0.25, 0.3) is 11.4 Å². The highest BCUT2D eigenvalue weighted by molar-refractivity contribution is 6.32. The molecule has 8 heteroatoms. The Morgan fingerprint density at radius 1 is 1.25 bits per heavy atom. The van der Waals surface area contributed by atoms with Gasteiger partial charge >= 0.3 is 0 Å². The lowest BCUT2D eigenvalue weighted by atomic mass is 9.80. The number of nitrogens with two attached hydrogens (primary N) is 1. The molecule has 2 heterocycles. The van der Waals surface area contributed by atoms with Gasteiger partial charge in [0.15, 0.2) is 11.5 Å². The van der Waals surface area contributed by atoms with Gasteiger partial charge in [-0.15, -0.1) is 0 Å². The molecule has 0 aliphatic carbocycles. The topological polar surface area (TPSA) is 92.6 Å². The van der Waals surface area contributed by atoms with Crippen LogP contribution in [-0.2, 0) is 10.2 Å². The summed E-state index contributed by atoms with van der Waals surface area (Å²) in [6.45, 7) is 1.71. The summed E-state index contributed by atoms with van der Waals surface area (Å²) in [7, 11) is 3.08. The number of nitrogens with zero attached hydrogens (tertiary/aromatic N) is 2. The van der Waals surface area contributed by atoms with Gasteiger partial charge in [-0.2, -0.15) is 4.98 Å². The van der Waals surface area contributed by atoms with Crippen molar-refractivity contribution in [2.24, 2.45) is 5.73 Å². The maximum Gasteiger partial charge on any atom is 0.234 e. The van der Waals surface area contributed by atoms with E-state index in [2.05, 4.69) is 10.1 Å². The zero-order valence-electron chi connectivity index (χ0n) is 13.7. The third-order valence-corrected chi connectivity index (χ3v) is 4.69. The maximum atomic E-state index is 6.25. The second-order valence-electron chi connectivity index (χ2n) is 5.71. The number of hydrogen-bond donors (Lipinski definition) is 1. The standard InChI is InChI=1S/C16H20ClN3O4/c1-21-12-8-10(7-11(17)13(12)22-2)14-19-15(24-20-14)16(9-18)3-5-23-6-4-16/h7-8H,3-6,9,18H2,1-2H3. The summed E-state index contributed by atoms with van der Waals surface area (Å²) >= 11 is 6.25. The summed E-state index contributed by atoms with van der Waals surface area (Å²) < 4.78 is 21.5. The number of ether oxygens (including phenoxy) is 3. The van der Waals surface area contributed by atoms with Crippen molar-refractivity contribution in [2.75, 3.05) is 34.0 Å². The van der Waals surface area contributed by atoms with Gasteiger partial charge in [0.05, 0.1) is 24.7 Å². The summed E-state index contributed by atoms with van der Waals surface area (Å²) in [6, 6.07) is 3.48. The smallest absolute Gasteiger partial charge is 0.234 e. The largest absolute Gasteiger partial charge is 0.493 e. The number of benzene rings is 1. The molecule has 2 N–H and O–H groups in total. The van der Waals surface area contributed by atoms with Crippen molar-refractivity contribution < 1.29 is 18.7 Å². The quantitative estimate of drug-likeness (QED) is 0.882. The normalized spacial score (nSPS) is 16.8. The second kappa shape index (κ2) is 6.96. The fourth-order valence-corrected chi connectivity index (χ4v) is 3.16. The molecular weight excluding hydrogens is 334 g/mol. The van der Waals surface area contributed by atoms with Gasteiger partial charge in [0.25, 0.3) is 0 Å². The van der Waals surface area contributed by atoms with Gasteiger partial charge in [0.1, 0.15) is 0 Å². The van der Waals surface area contributed by atoms with E-state index in [0.717, 1.165) is 12.8 Å². The van der Waals surface area contributed by atoms with Crippen molar-refractivity contribution in [1.82, 2.24) is 10.1 Å². The molecule has 0 saturated carbocycles. The van der Waals surface area contributed by atoms with Crippen LogP contribution in [-0.4, -0.2) is 44.1 Å². The average Bonchev–Trinajstić information content (AvgIpc) is 3.12. The fraction of sp³-hybridized carbons (Fsp3) is 0.500. The first-order valence-electron chi connectivity index (χ1n) is 7.67. The van der Waals surface area contributed by atoms with Crippen molar-refractivity contribution >= 4 is 11.6 Å². The lowest BCUT2D eigenvalue weighted by molar-refractivity contribution is 0.0409. The van der Waals surface area contributed by atoms with Gasteiger partial charge in [0.2, 0.25) is 11.7 Å². The summed E-state index contributed by atoms with van der Waals surface area (Å²) in [5.41, 5.74) is 6.34. The minimum atomic E-state index is -0.330. The minimum Gasteiger partial charge on any atom is -0.493 e. The lowest BCUT2D eigenvalue weighted by Crippen LogP contribution is -2.40. The Kier molecular flexibility index (Phi) is 4.93. The first kappa shape index (κ1) is 17.0. The molecule has 1 fully saturated rings. The molecule has 3 rings (SSSR count). The van der Waals surface area contributed by atoms with E-state index in [4.69, 9.17) is 36.1 Å². The summed E-state index contributed by atoms with van der Waals surface area (Å²) in [4.78, 5) is 4.55. The van der Waals surface area contributed by atoms with E-state index in [-0.39, 0.29) is 5.41 Å². The molecule has 1 aromatic carbocycles. The lowest BCUT2D eigenvalue weighted by Gasteiger charge is -2.32. The van der Waals surface area contributed by atoms with Crippen LogP contribution in [0.15, 0.2) is 16.7 Å². The van der Waals surface area contributed by atoms with E-state index >= 15 is 0 Å². The average molecular weight is 354 g/mol. The molecule has 1 aliphatic heterocycles. The summed E-state index contributed by atoms with van der Waals surface area (Å²) in [5, 5.41) is 4.50. The van der Waals surface area contributed by atoms with E-state index in [1.807, 2.05) is 0 Å². The van der Waals surface area contributed by atoms with Gasteiger partial charge in [-0.25, -0.2) is 0 Å². The van der Waals surface area contributed by atoms with Crippen LogP contribution >= 0.6 is 11.6 Å². The molecule has 2 aromatic rings. The monoisotopic (exact) mass is 353 g/mol. The molecule has 0 spiro atoms. The molecule has 24 heavy (non-hydrogen) atoms. The van der Waals surface area contributed by atoms with Crippen molar-refractivity contribution in [1.29, 1.82) is 0 Å². The van der Waals surface area contributed by atoms with Crippen LogP contribution in [0.2, 0.25) is 5.02 Å². The fourth-order valence-electron chi connectivity index (χ4n) is 2.87. The first-order valence-corrected chi connectivity index (χ1v) is 8.05. The van der Waals surface area contributed by atoms with Crippen LogP contribution in [0.4, 0.5) is 0 Å². The second-order valence-corrected chi connectivity index (χ2v) is 6.12. The van der Waals surface area contributed by atoms with E-state index < -0.39 is 0 Å². The predicted octanol–water partition coefficient (Wildman–Crippen LogP) is 2.41. The third-order valence-electron chi connectivity index (χ3n) is 4.41. The van der Waals surface area contributed by atoms with E-state index in [0.29, 0.717) is 53.6 Å². The van der Waals surface area contributed by atoms with Gasteiger partial charge in [0, 0.05) is 25.3 Å². The van der Waals surface area contributed by atoms with Crippen LogP contribution in [0.1, 0.15) is 18.7 Å². The van der Waals surface area contributed by atoms with Crippen LogP contribution in [0.3, 0.4) is 0 Å². The molecule has 1 saturated heterocycles. The number of methoxy groups -OCH3 is 2. The number of halogens is 1. The molecule has 0 bridgehead atoms. The highest BCUT2D eigenvalue weighted by atomic mass is 35.5. The molecule has 0 atom stereocenters. The predicted molar refractivity (Wildman–Crippen MR) is 88.6 cm³/mol. The molecule has 0 amide bonds. The highest BCUT2D eigenvalue weighted by Crippen LogP contribution is 2.39. The SMILES string of the molecule is COc1cc(-c2noc(C3(CN)CCOCC3)n2)cc(Cl)c1OC. The summed E-state index contributed by atoms with van der Waals surface area (Å²) in [6.07, 6.45) is 1.52. The van der Waals surface area contributed by atoms with Gasteiger partial charge in [-0.3, -0.25) is 0 Å². The molecule has 7 nitrogen and oxygen atoms in total. The van der Waals surface area contributed by atoms with E-state index in [9.17, 15) is 0 Å². The van der Waals surface area contributed by atoms with E-state index in [1.165, 1.54) is 7.11 Å². The number of aromatic nitrogens is 2. The Balaban J connectivity index is 1.97. The Bertz CT molecular complexity index is 713. The molecule has 0 radical (unpaired) electrons. The van der Waals surface area contributed by atoms with Crippen LogP contribution in [0, 0.1) is 0 Å². The Labute approximate surface area is 145 Å². The van der Waals surface area contributed by atoms with Crippen molar-refractivity contribution in [3.05, 3.63) is 23.0 Å². The van der Waals surface area contributed by atoms with Gasteiger partial charge in [-0.05, 0) is 25.0 Å². The zero-order chi connectivity index (χ0) is 17.2. The first-order chi connectivity index (χ1) is 11.6. The number of rotatable bonds is 5. The van der Waals surface area contributed by atoms with Crippen molar-refractivity contribution in [3.8, 4) is 22.9 Å². The Hall–Kier alpha value is -1.83. The molecule has 1 aromatic heterocycles. The van der Waals surface area contributed by atoms with Gasteiger partial charge in [-0.1, -0.05) is 16.8 Å². The zero-order valence-corrected chi connectivity index (χ0v) is 14.4. The van der Waals surface area contributed by atoms with Gasteiger partial charge < -0.3 is 24.5 Å². The molecule has 1 aliphatic rings.